The van der Waals surface area contributed by atoms with Gasteiger partial charge < -0.3 is 25.0 Å². The predicted octanol–water partition coefficient (Wildman–Crippen LogP) is 1.74. The number of nitrogens with two attached hydrogens (primary N) is 1. The lowest BCUT2D eigenvalue weighted by Gasteiger charge is -2.30. The summed E-state index contributed by atoms with van der Waals surface area (Å²) < 4.78 is 11.0. The number of amides is 2. The summed E-state index contributed by atoms with van der Waals surface area (Å²) in [5.74, 6) is 1.38. The van der Waals surface area contributed by atoms with Crippen molar-refractivity contribution in [2.24, 2.45) is 0 Å². The number of aromatic nitrogens is 4. The fourth-order valence-electron chi connectivity index (χ4n) is 5.51. The van der Waals surface area contributed by atoms with Gasteiger partial charge >= 0.3 is 6.03 Å². The van der Waals surface area contributed by atoms with Gasteiger partial charge in [0.2, 0.25) is 11.9 Å². The summed E-state index contributed by atoms with van der Waals surface area (Å²) in [5, 5.41) is 0. The molecular weight excluding hydrogens is 536 g/mol. The molecule has 0 saturated carbocycles. The Morgan fingerprint density at radius 1 is 0.952 bits per heavy atom. The van der Waals surface area contributed by atoms with Crippen LogP contribution in [0.3, 0.4) is 0 Å². The molecule has 3 aliphatic rings. The van der Waals surface area contributed by atoms with E-state index in [4.69, 9.17) is 25.2 Å². The molecule has 2 aromatic heterocycles. The van der Waals surface area contributed by atoms with Crippen molar-refractivity contribution < 1.29 is 14.3 Å². The van der Waals surface area contributed by atoms with Gasteiger partial charge in [0.1, 0.15) is 5.82 Å². The minimum Gasteiger partial charge on any atom is -0.379 e. The van der Waals surface area contributed by atoms with Gasteiger partial charge in [0.25, 0.3) is 0 Å². The second-order valence-electron chi connectivity index (χ2n) is 10.7. The number of rotatable bonds is 7. The van der Waals surface area contributed by atoms with E-state index in [-0.39, 0.29) is 12.0 Å². The maximum atomic E-state index is 14.0. The molecule has 0 unspecified atom stereocenters. The highest BCUT2D eigenvalue weighted by molar-refractivity contribution is 6.04. The number of hydrogen-bond acceptors (Lipinski definition) is 11. The smallest absolute Gasteiger partial charge is 0.329 e. The van der Waals surface area contributed by atoms with Crippen LogP contribution in [0.15, 0.2) is 36.7 Å². The van der Waals surface area contributed by atoms with Crippen LogP contribution in [0.2, 0.25) is 0 Å². The molecule has 42 heavy (non-hydrogen) atoms. The largest absolute Gasteiger partial charge is 0.379 e. The lowest BCUT2D eigenvalue weighted by molar-refractivity contribution is 0.0393. The molecule has 0 spiro atoms. The molecule has 3 aromatic rings. The zero-order valence-electron chi connectivity index (χ0n) is 24.3. The molecule has 1 aromatic carbocycles. The lowest BCUT2D eigenvalue weighted by atomic mass is 10.1. The van der Waals surface area contributed by atoms with E-state index in [0.717, 1.165) is 67.6 Å². The molecule has 13 nitrogen and oxygen atoms in total. The molecule has 6 rings (SSSR count). The highest BCUT2D eigenvalue weighted by Crippen LogP contribution is 2.36. The highest BCUT2D eigenvalue weighted by Gasteiger charge is 2.33. The lowest BCUT2D eigenvalue weighted by Crippen LogP contribution is -2.42. The number of nitrogen functional groups attached to an aromatic ring is 1. The van der Waals surface area contributed by atoms with Crippen LogP contribution in [0.25, 0.3) is 11.3 Å². The van der Waals surface area contributed by atoms with Crippen molar-refractivity contribution in [1.82, 2.24) is 24.8 Å². The quantitative estimate of drug-likeness (QED) is 0.443. The number of morpholine rings is 2. The van der Waals surface area contributed by atoms with E-state index < -0.39 is 0 Å². The fourth-order valence-corrected chi connectivity index (χ4v) is 5.51. The molecule has 2 saturated heterocycles. The molecule has 0 radical (unpaired) electrons. The van der Waals surface area contributed by atoms with E-state index in [2.05, 4.69) is 43.8 Å². The van der Waals surface area contributed by atoms with Crippen molar-refractivity contribution >= 4 is 35.1 Å². The second kappa shape index (κ2) is 12.4. The Kier molecular flexibility index (Phi) is 8.31. The van der Waals surface area contributed by atoms with E-state index >= 15 is 0 Å². The number of carbonyl (C=O) groups excluding carboxylic acids is 1. The molecule has 2 amide bonds. The first-order chi connectivity index (χ1) is 20.5. The molecule has 2 fully saturated rings. The Morgan fingerprint density at radius 3 is 2.38 bits per heavy atom. The van der Waals surface area contributed by atoms with E-state index in [9.17, 15) is 4.79 Å². The SMILES string of the molecule is CN(CCN1CCOCC1)c1cccc(N(C)C(=O)N2CCc3c(-c4cnc(N)nc4)nc(N4CCOCC4)nc32)c1. The molecule has 0 aliphatic carbocycles. The number of ether oxygens (including phenoxy) is 2. The number of carbonyl (C=O) groups is 1. The van der Waals surface area contributed by atoms with E-state index in [1.54, 1.807) is 22.2 Å². The summed E-state index contributed by atoms with van der Waals surface area (Å²) in [7, 11) is 3.90. The minimum absolute atomic E-state index is 0.145. The molecule has 0 bridgehead atoms. The topological polar surface area (TPSA) is 129 Å². The van der Waals surface area contributed by atoms with Crippen LogP contribution in [-0.2, 0) is 15.9 Å². The first kappa shape index (κ1) is 28.1. The Hall–Kier alpha value is -4.07. The zero-order chi connectivity index (χ0) is 29.1. The number of likely N-dealkylation sites (N-methyl/N-ethyl adjacent to an activating group) is 1. The molecule has 3 aliphatic heterocycles. The molecule has 0 atom stereocenters. The van der Waals surface area contributed by atoms with Gasteiger partial charge in [0.05, 0.1) is 32.1 Å². The second-order valence-corrected chi connectivity index (χ2v) is 10.7. The van der Waals surface area contributed by atoms with E-state index in [1.165, 1.54) is 0 Å². The fraction of sp³-hybridized carbons (Fsp3) is 0.483. The Bertz CT molecular complexity index is 1390. The molecule has 5 heterocycles. The van der Waals surface area contributed by atoms with Crippen LogP contribution < -0.4 is 25.3 Å². The summed E-state index contributed by atoms with van der Waals surface area (Å²) in [4.78, 5) is 42.4. The zero-order valence-corrected chi connectivity index (χ0v) is 24.3. The summed E-state index contributed by atoms with van der Waals surface area (Å²) in [6, 6.07) is 7.95. The summed E-state index contributed by atoms with van der Waals surface area (Å²) in [6.45, 7) is 8.43. The van der Waals surface area contributed by atoms with Gasteiger partial charge in [0, 0.05) is 94.8 Å². The first-order valence-corrected chi connectivity index (χ1v) is 14.5. The Morgan fingerprint density at radius 2 is 1.64 bits per heavy atom. The number of anilines is 5. The predicted molar refractivity (Wildman–Crippen MR) is 162 cm³/mol. The van der Waals surface area contributed by atoms with Gasteiger partial charge in [-0.3, -0.25) is 14.7 Å². The maximum Gasteiger partial charge on any atom is 0.329 e. The van der Waals surface area contributed by atoms with Crippen LogP contribution in [0.4, 0.5) is 33.9 Å². The van der Waals surface area contributed by atoms with Crippen molar-refractivity contribution in [3.63, 3.8) is 0 Å². The third-order valence-electron chi connectivity index (χ3n) is 8.08. The highest BCUT2D eigenvalue weighted by atomic mass is 16.5. The monoisotopic (exact) mass is 574 g/mol. The van der Waals surface area contributed by atoms with Crippen LogP contribution in [-0.4, -0.2) is 117 Å². The van der Waals surface area contributed by atoms with Crippen molar-refractivity contribution in [2.45, 2.75) is 6.42 Å². The van der Waals surface area contributed by atoms with E-state index in [1.807, 2.05) is 19.2 Å². The van der Waals surface area contributed by atoms with Crippen LogP contribution >= 0.6 is 0 Å². The standard InChI is InChI=1S/C29H38N10O3/c1-35(8-9-37-10-14-41-15-11-37)22-4-3-5-23(18-22)36(2)29(40)39-7-6-24-25(21-19-31-27(30)32-20-21)33-28(34-26(24)39)38-12-16-42-17-13-38/h3-5,18-20H,6-17H2,1-2H3,(H2,30,31,32). The molecule has 13 heteroatoms. The summed E-state index contributed by atoms with van der Waals surface area (Å²) >= 11 is 0. The molecule has 222 valence electrons. The van der Waals surface area contributed by atoms with E-state index in [0.29, 0.717) is 51.0 Å². The number of benzene rings is 1. The van der Waals surface area contributed by atoms with Gasteiger partial charge in [-0.2, -0.15) is 4.98 Å². The van der Waals surface area contributed by atoms with Crippen LogP contribution in [0.5, 0.6) is 0 Å². The van der Waals surface area contributed by atoms with Crippen molar-refractivity contribution in [3.05, 3.63) is 42.2 Å². The average Bonchev–Trinajstić information content (AvgIpc) is 3.48. The number of hydrogen-bond donors (Lipinski definition) is 1. The van der Waals surface area contributed by atoms with Crippen molar-refractivity contribution in [2.75, 3.05) is 112 Å². The van der Waals surface area contributed by atoms with Crippen molar-refractivity contribution in [3.8, 4) is 11.3 Å². The van der Waals surface area contributed by atoms with Gasteiger partial charge in [-0.1, -0.05) is 6.07 Å². The van der Waals surface area contributed by atoms with Gasteiger partial charge in [-0.25, -0.2) is 19.7 Å². The number of nitrogens with zero attached hydrogens (tertiary/aromatic N) is 9. The Labute approximate surface area is 245 Å². The van der Waals surface area contributed by atoms with Gasteiger partial charge in [-0.05, 0) is 24.6 Å². The first-order valence-electron chi connectivity index (χ1n) is 14.5. The number of fused-ring (bicyclic) bond motifs is 1. The van der Waals surface area contributed by atoms with Crippen LogP contribution in [0.1, 0.15) is 5.56 Å². The van der Waals surface area contributed by atoms with Gasteiger partial charge in [-0.15, -0.1) is 0 Å². The summed E-state index contributed by atoms with van der Waals surface area (Å²) in [5.41, 5.74) is 10.00. The molecular formula is C29H38N10O3. The summed E-state index contributed by atoms with van der Waals surface area (Å²) in [6.07, 6.45) is 3.97. The normalized spacial score (nSPS) is 17.3. The maximum absolute atomic E-state index is 14.0. The van der Waals surface area contributed by atoms with Gasteiger partial charge in [0.15, 0.2) is 0 Å². The number of urea groups is 1. The Balaban J connectivity index is 1.24. The van der Waals surface area contributed by atoms with Crippen molar-refractivity contribution in [1.29, 1.82) is 0 Å². The minimum atomic E-state index is -0.145. The third-order valence-corrected chi connectivity index (χ3v) is 8.08. The van der Waals surface area contributed by atoms with Crippen LogP contribution in [0, 0.1) is 0 Å². The molecule has 2 N–H and O–H groups in total. The average molecular weight is 575 g/mol. The third kappa shape index (κ3) is 5.94.